The number of hydrogen-bond acceptors (Lipinski definition) is 5. The van der Waals surface area contributed by atoms with Crippen LogP contribution in [-0.4, -0.2) is 32.7 Å². The fourth-order valence-electron chi connectivity index (χ4n) is 3.25. The fraction of sp³-hybridized carbons (Fsp3) is 0.286. The number of anilines is 2. The first-order valence-electron chi connectivity index (χ1n) is 9.53. The molecule has 1 saturated heterocycles. The van der Waals surface area contributed by atoms with Crippen molar-refractivity contribution in [3.63, 3.8) is 0 Å². The number of nitrogens with one attached hydrogen (secondary N) is 2. The summed E-state index contributed by atoms with van der Waals surface area (Å²) in [4.78, 5) is 37.5. The summed E-state index contributed by atoms with van der Waals surface area (Å²) in [5.74, 6) is -1.62. The van der Waals surface area contributed by atoms with Gasteiger partial charge in [0, 0.05) is 31.3 Å². The lowest BCUT2D eigenvalue weighted by Crippen LogP contribution is -2.28. The lowest BCUT2D eigenvalue weighted by molar-refractivity contribution is -0.122. The standard InChI is InChI=1S/C21H23N3O5S/c1-3-15-4-8-18(9-5-15)24-13-16(12-20(24)26)21(27)22-17-6-10-19(11-7-17)30(28,29)23-14(2)25/h4-11,16H,3,12-13H2,1-2H3,(H,22,27)(H,23,25). The molecular formula is C21H23N3O5S. The second kappa shape index (κ2) is 8.66. The number of benzene rings is 2. The molecule has 2 N–H and O–H groups in total. The highest BCUT2D eigenvalue weighted by Gasteiger charge is 2.35. The first kappa shape index (κ1) is 21.5. The van der Waals surface area contributed by atoms with E-state index in [2.05, 4.69) is 12.2 Å². The van der Waals surface area contributed by atoms with Gasteiger partial charge >= 0.3 is 0 Å². The van der Waals surface area contributed by atoms with Gasteiger partial charge in [0.15, 0.2) is 0 Å². The first-order chi connectivity index (χ1) is 14.2. The average Bonchev–Trinajstić information content (AvgIpc) is 3.09. The molecular weight excluding hydrogens is 406 g/mol. The Bertz CT molecular complexity index is 1060. The molecule has 3 rings (SSSR count). The van der Waals surface area contributed by atoms with E-state index in [0.717, 1.165) is 19.0 Å². The van der Waals surface area contributed by atoms with Gasteiger partial charge in [-0.1, -0.05) is 19.1 Å². The Balaban J connectivity index is 1.65. The predicted octanol–water partition coefficient (Wildman–Crippen LogP) is 2.07. The fourth-order valence-corrected chi connectivity index (χ4v) is 4.24. The third-order valence-corrected chi connectivity index (χ3v) is 6.31. The van der Waals surface area contributed by atoms with Crippen molar-refractivity contribution >= 4 is 39.1 Å². The van der Waals surface area contributed by atoms with Gasteiger partial charge < -0.3 is 10.2 Å². The lowest BCUT2D eigenvalue weighted by Gasteiger charge is -2.17. The molecule has 2 aromatic carbocycles. The SMILES string of the molecule is CCc1ccc(N2CC(C(=O)Nc3ccc(S(=O)(=O)NC(C)=O)cc3)CC2=O)cc1. The summed E-state index contributed by atoms with van der Waals surface area (Å²) in [6.45, 7) is 3.44. The second-order valence-corrected chi connectivity index (χ2v) is 8.78. The van der Waals surface area contributed by atoms with E-state index in [0.29, 0.717) is 5.69 Å². The molecule has 2 aromatic rings. The van der Waals surface area contributed by atoms with Crippen LogP contribution in [0.3, 0.4) is 0 Å². The zero-order chi connectivity index (χ0) is 21.9. The van der Waals surface area contributed by atoms with Crippen LogP contribution in [0.2, 0.25) is 0 Å². The minimum atomic E-state index is -3.93. The zero-order valence-electron chi connectivity index (χ0n) is 16.7. The van der Waals surface area contributed by atoms with E-state index in [-0.39, 0.29) is 29.7 Å². The molecule has 1 aliphatic rings. The Morgan fingerprint density at radius 2 is 1.70 bits per heavy atom. The van der Waals surface area contributed by atoms with Crippen LogP contribution < -0.4 is 14.9 Å². The van der Waals surface area contributed by atoms with Gasteiger partial charge in [0.2, 0.25) is 17.7 Å². The van der Waals surface area contributed by atoms with Crippen LogP contribution in [0.25, 0.3) is 0 Å². The summed E-state index contributed by atoms with van der Waals surface area (Å²) < 4.78 is 25.8. The van der Waals surface area contributed by atoms with E-state index >= 15 is 0 Å². The van der Waals surface area contributed by atoms with Crippen molar-refractivity contribution in [2.24, 2.45) is 5.92 Å². The van der Waals surface area contributed by atoms with Crippen molar-refractivity contribution in [1.82, 2.24) is 4.72 Å². The smallest absolute Gasteiger partial charge is 0.264 e. The quantitative estimate of drug-likeness (QED) is 0.730. The molecule has 0 aliphatic carbocycles. The summed E-state index contributed by atoms with van der Waals surface area (Å²) >= 11 is 0. The number of carbonyl (C=O) groups excluding carboxylic acids is 3. The molecule has 0 aromatic heterocycles. The van der Waals surface area contributed by atoms with Gasteiger partial charge in [-0.2, -0.15) is 0 Å². The van der Waals surface area contributed by atoms with Gasteiger partial charge in [0.1, 0.15) is 0 Å². The van der Waals surface area contributed by atoms with Crippen molar-refractivity contribution in [2.75, 3.05) is 16.8 Å². The van der Waals surface area contributed by atoms with Gasteiger partial charge in [-0.05, 0) is 48.4 Å². The van der Waals surface area contributed by atoms with E-state index in [1.165, 1.54) is 29.8 Å². The maximum atomic E-state index is 12.6. The molecule has 158 valence electrons. The highest BCUT2D eigenvalue weighted by atomic mass is 32.2. The van der Waals surface area contributed by atoms with Gasteiger partial charge in [0.05, 0.1) is 10.8 Å². The maximum Gasteiger partial charge on any atom is 0.264 e. The summed E-state index contributed by atoms with van der Waals surface area (Å²) in [6.07, 6.45) is 1.01. The van der Waals surface area contributed by atoms with Gasteiger partial charge in [-0.25, -0.2) is 13.1 Å². The molecule has 30 heavy (non-hydrogen) atoms. The van der Waals surface area contributed by atoms with Crippen molar-refractivity contribution in [2.45, 2.75) is 31.6 Å². The van der Waals surface area contributed by atoms with E-state index in [1.54, 1.807) is 4.90 Å². The largest absolute Gasteiger partial charge is 0.326 e. The molecule has 1 atom stereocenters. The van der Waals surface area contributed by atoms with E-state index < -0.39 is 21.8 Å². The molecule has 8 nitrogen and oxygen atoms in total. The normalized spacial score (nSPS) is 16.4. The molecule has 0 saturated carbocycles. The number of nitrogens with zero attached hydrogens (tertiary/aromatic N) is 1. The number of carbonyl (C=O) groups is 3. The number of amides is 3. The molecule has 1 fully saturated rings. The van der Waals surface area contributed by atoms with Crippen LogP contribution in [0.15, 0.2) is 53.4 Å². The van der Waals surface area contributed by atoms with E-state index in [4.69, 9.17) is 0 Å². The molecule has 0 spiro atoms. The highest BCUT2D eigenvalue weighted by Crippen LogP contribution is 2.26. The summed E-state index contributed by atoms with van der Waals surface area (Å²) in [7, 11) is -3.93. The monoisotopic (exact) mass is 429 g/mol. The average molecular weight is 429 g/mol. The molecule has 9 heteroatoms. The van der Waals surface area contributed by atoms with Crippen molar-refractivity contribution in [3.05, 3.63) is 54.1 Å². The first-order valence-corrected chi connectivity index (χ1v) is 11.0. The Morgan fingerprint density at radius 1 is 1.07 bits per heavy atom. The van der Waals surface area contributed by atoms with Crippen LogP contribution in [0.4, 0.5) is 11.4 Å². The summed E-state index contributed by atoms with van der Waals surface area (Å²) in [5.41, 5.74) is 2.34. The Kier molecular flexibility index (Phi) is 6.21. The Hall–Kier alpha value is -3.20. The molecule has 0 bridgehead atoms. The molecule has 0 radical (unpaired) electrons. The van der Waals surface area contributed by atoms with E-state index in [1.807, 2.05) is 29.0 Å². The van der Waals surface area contributed by atoms with Crippen molar-refractivity contribution < 1.29 is 22.8 Å². The third kappa shape index (κ3) is 4.85. The molecule has 1 unspecified atom stereocenters. The van der Waals surface area contributed by atoms with Crippen LogP contribution in [-0.2, 0) is 30.8 Å². The summed E-state index contributed by atoms with van der Waals surface area (Å²) in [6, 6.07) is 13.1. The van der Waals surface area contributed by atoms with E-state index in [9.17, 15) is 22.8 Å². The number of rotatable bonds is 6. The lowest BCUT2D eigenvalue weighted by atomic mass is 10.1. The third-order valence-electron chi connectivity index (χ3n) is 4.86. The topological polar surface area (TPSA) is 113 Å². The highest BCUT2D eigenvalue weighted by molar-refractivity contribution is 7.90. The molecule has 3 amide bonds. The molecule has 1 heterocycles. The van der Waals surface area contributed by atoms with Crippen LogP contribution in [0, 0.1) is 5.92 Å². The predicted molar refractivity (Wildman–Crippen MR) is 112 cm³/mol. The Labute approximate surface area is 175 Å². The van der Waals surface area contributed by atoms with Crippen LogP contribution >= 0.6 is 0 Å². The maximum absolute atomic E-state index is 12.6. The number of aryl methyl sites for hydroxylation is 1. The van der Waals surface area contributed by atoms with Gasteiger partial charge in [-0.15, -0.1) is 0 Å². The Morgan fingerprint density at radius 3 is 2.27 bits per heavy atom. The molecule has 1 aliphatic heterocycles. The minimum absolute atomic E-state index is 0.0894. The second-order valence-electron chi connectivity index (χ2n) is 7.10. The zero-order valence-corrected chi connectivity index (χ0v) is 17.5. The number of hydrogen-bond donors (Lipinski definition) is 2. The van der Waals surface area contributed by atoms with Crippen LogP contribution in [0.1, 0.15) is 25.8 Å². The van der Waals surface area contributed by atoms with Gasteiger partial charge in [-0.3, -0.25) is 14.4 Å². The number of sulfonamides is 1. The minimum Gasteiger partial charge on any atom is -0.326 e. The van der Waals surface area contributed by atoms with Crippen LogP contribution in [0.5, 0.6) is 0 Å². The van der Waals surface area contributed by atoms with Gasteiger partial charge in [0.25, 0.3) is 10.0 Å². The summed E-state index contributed by atoms with van der Waals surface area (Å²) in [5, 5.41) is 2.71. The van der Waals surface area contributed by atoms with Crippen molar-refractivity contribution in [1.29, 1.82) is 0 Å². The van der Waals surface area contributed by atoms with Crippen molar-refractivity contribution in [3.8, 4) is 0 Å².